The maximum Gasteiger partial charge on any atom is 0.224 e. The van der Waals surface area contributed by atoms with Crippen molar-refractivity contribution in [1.82, 2.24) is 9.88 Å². The van der Waals surface area contributed by atoms with Gasteiger partial charge in [-0.3, -0.25) is 4.79 Å². The van der Waals surface area contributed by atoms with E-state index in [0.717, 1.165) is 15.6 Å². The standard InChI is InChI=1S/C18H19BrN4O/c1-13-7-8-17(22-16(13)11-20)21-10-9-18(24)23(2)12-14-5-3-4-6-15(14)19/h3-8H,9-10,12H2,1-2H3,(H,21,22). The summed E-state index contributed by atoms with van der Waals surface area (Å²) in [5, 5.41) is 12.1. The molecule has 5 nitrogen and oxygen atoms in total. The third-order valence-corrected chi connectivity index (χ3v) is 4.41. The Morgan fingerprint density at radius 1 is 1.33 bits per heavy atom. The van der Waals surface area contributed by atoms with Gasteiger partial charge in [-0.25, -0.2) is 4.98 Å². The normalized spacial score (nSPS) is 10.1. The number of rotatable bonds is 6. The molecular weight excluding hydrogens is 368 g/mol. The first-order chi connectivity index (χ1) is 11.5. The molecule has 0 spiro atoms. The van der Waals surface area contributed by atoms with Gasteiger partial charge in [0.25, 0.3) is 0 Å². The molecule has 6 heteroatoms. The number of nitriles is 1. The van der Waals surface area contributed by atoms with Gasteiger partial charge in [-0.05, 0) is 30.2 Å². The second-order valence-electron chi connectivity index (χ2n) is 5.49. The summed E-state index contributed by atoms with van der Waals surface area (Å²) in [6.45, 7) is 2.87. The van der Waals surface area contributed by atoms with E-state index in [4.69, 9.17) is 5.26 Å². The van der Waals surface area contributed by atoms with Gasteiger partial charge in [-0.1, -0.05) is 40.2 Å². The second-order valence-corrected chi connectivity index (χ2v) is 6.35. The molecule has 24 heavy (non-hydrogen) atoms. The first-order valence-corrected chi connectivity index (χ1v) is 8.39. The summed E-state index contributed by atoms with van der Waals surface area (Å²) in [7, 11) is 1.79. The molecule has 0 atom stereocenters. The summed E-state index contributed by atoms with van der Waals surface area (Å²) in [5.41, 5.74) is 2.31. The van der Waals surface area contributed by atoms with Crippen molar-refractivity contribution >= 4 is 27.7 Å². The molecule has 1 aromatic carbocycles. The molecule has 0 unspecified atom stereocenters. The van der Waals surface area contributed by atoms with E-state index < -0.39 is 0 Å². The van der Waals surface area contributed by atoms with Crippen LogP contribution in [0.4, 0.5) is 5.82 Å². The fourth-order valence-electron chi connectivity index (χ4n) is 2.20. The molecule has 0 aliphatic rings. The van der Waals surface area contributed by atoms with Crippen LogP contribution in [0.3, 0.4) is 0 Å². The second kappa shape index (κ2) is 8.46. The zero-order chi connectivity index (χ0) is 17.5. The Morgan fingerprint density at radius 2 is 2.08 bits per heavy atom. The van der Waals surface area contributed by atoms with Gasteiger partial charge in [0.1, 0.15) is 17.6 Å². The molecule has 0 bridgehead atoms. The van der Waals surface area contributed by atoms with Crippen LogP contribution in [0, 0.1) is 18.3 Å². The van der Waals surface area contributed by atoms with Gasteiger partial charge in [0.15, 0.2) is 0 Å². The van der Waals surface area contributed by atoms with E-state index in [1.165, 1.54) is 0 Å². The zero-order valence-corrected chi connectivity index (χ0v) is 15.3. The number of aromatic nitrogens is 1. The highest BCUT2D eigenvalue weighted by Crippen LogP contribution is 2.17. The molecule has 1 amide bonds. The number of nitrogens with one attached hydrogen (secondary N) is 1. The quantitative estimate of drug-likeness (QED) is 0.824. The predicted molar refractivity (Wildman–Crippen MR) is 97.4 cm³/mol. The first kappa shape index (κ1) is 18.0. The molecule has 1 heterocycles. The summed E-state index contributed by atoms with van der Waals surface area (Å²) in [5.74, 6) is 0.657. The molecule has 2 aromatic rings. The van der Waals surface area contributed by atoms with Crippen LogP contribution in [-0.2, 0) is 11.3 Å². The number of aryl methyl sites for hydroxylation is 1. The summed E-state index contributed by atoms with van der Waals surface area (Å²) in [4.78, 5) is 18.1. The number of carbonyl (C=O) groups is 1. The topological polar surface area (TPSA) is 69.0 Å². The number of amides is 1. The third-order valence-electron chi connectivity index (χ3n) is 3.64. The molecular formula is C18H19BrN4O. The Morgan fingerprint density at radius 3 is 2.79 bits per heavy atom. The van der Waals surface area contributed by atoms with Crippen LogP contribution < -0.4 is 5.32 Å². The van der Waals surface area contributed by atoms with Crippen molar-refractivity contribution in [2.24, 2.45) is 0 Å². The number of pyridine rings is 1. The largest absolute Gasteiger partial charge is 0.370 e. The molecule has 0 fully saturated rings. The number of hydrogen-bond acceptors (Lipinski definition) is 4. The molecule has 1 N–H and O–H groups in total. The van der Waals surface area contributed by atoms with Crippen molar-refractivity contribution < 1.29 is 4.79 Å². The minimum atomic E-state index is 0.0471. The van der Waals surface area contributed by atoms with Crippen molar-refractivity contribution in [2.45, 2.75) is 19.9 Å². The SMILES string of the molecule is Cc1ccc(NCCC(=O)N(C)Cc2ccccc2Br)nc1C#N. The summed E-state index contributed by atoms with van der Waals surface area (Å²) in [6.07, 6.45) is 0.360. The lowest BCUT2D eigenvalue weighted by Crippen LogP contribution is -2.28. The number of anilines is 1. The average molecular weight is 387 g/mol. The Labute approximate surface area is 150 Å². The number of halogens is 1. The first-order valence-electron chi connectivity index (χ1n) is 7.60. The van der Waals surface area contributed by atoms with E-state index >= 15 is 0 Å². The lowest BCUT2D eigenvalue weighted by atomic mass is 10.2. The smallest absolute Gasteiger partial charge is 0.224 e. The van der Waals surface area contributed by atoms with Gasteiger partial charge in [0, 0.05) is 31.0 Å². The van der Waals surface area contributed by atoms with Crippen LogP contribution in [-0.4, -0.2) is 29.4 Å². The molecule has 0 aliphatic carbocycles. The third kappa shape index (κ3) is 4.80. The van der Waals surface area contributed by atoms with Crippen LogP contribution in [0.25, 0.3) is 0 Å². The molecule has 0 radical (unpaired) electrons. The average Bonchev–Trinajstić information content (AvgIpc) is 2.58. The van der Waals surface area contributed by atoms with Crippen molar-refractivity contribution in [3.05, 3.63) is 57.7 Å². The van der Waals surface area contributed by atoms with E-state index in [1.54, 1.807) is 11.9 Å². The Kier molecular flexibility index (Phi) is 6.33. The fourth-order valence-corrected chi connectivity index (χ4v) is 2.61. The van der Waals surface area contributed by atoms with E-state index in [1.807, 2.05) is 43.3 Å². The summed E-state index contributed by atoms with van der Waals surface area (Å²) < 4.78 is 0.996. The number of nitrogens with zero attached hydrogens (tertiary/aromatic N) is 3. The van der Waals surface area contributed by atoms with E-state index in [9.17, 15) is 4.79 Å². The predicted octanol–water partition coefficient (Wildman–Crippen LogP) is 3.48. The van der Waals surface area contributed by atoms with Gasteiger partial charge < -0.3 is 10.2 Å². The highest BCUT2D eigenvalue weighted by Gasteiger charge is 2.11. The van der Waals surface area contributed by atoms with Crippen LogP contribution in [0.5, 0.6) is 0 Å². The van der Waals surface area contributed by atoms with Gasteiger partial charge >= 0.3 is 0 Å². The van der Waals surface area contributed by atoms with Gasteiger partial charge in [0.2, 0.25) is 5.91 Å². The number of hydrogen-bond donors (Lipinski definition) is 1. The summed E-state index contributed by atoms with van der Waals surface area (Å²) >= 11 is 3.49. The van der Waals surface area contributed by atoms with E-state index in [2.05, 4.69) is 32.3 Å². The van der Waals surface area contributed by atoms with Crippen molar-refractivity contribution in [1.29, 1.82) is 5.26 Å². The maximum atomic E-state index is 12.2. The fraction of sp³-hybridized carbons (Fsp3) is 0.278. The highest BCUT2D eigenvalue weighted by molar-refractivity contribution is 9.10. The lowest BCUT2D eigenvalue weighted by molar-refractivity contribution is -0.130. The summed E-state index contributed by atoms with van der Waals surface area (Å²) in [6, 6.07) is 13.6. The minimum Gasteiger partial charge on any atom is -0.370 e. The van der Waals surface area contributed by atoms with Crippen LogP contribution >= 0.6 is 15.9 Å². The molecule has 124 valence electrons. The van der Waals surface area contributed by atoms with Gasteiger partial charge in [0.05, 0.1) is 0 Å². The van der Waals surface area contributed by atoms with E-state index in [-0.39, 0.29) is 5.91 Å². The lowest BCUT2D eigenvalue weighted by Gasteiger charge is -2.18. The Hall–Kier alpha value is -2.39. The maximum absolute atomic E-state index is 12.2. The molecule has 0 saturated heterocycles. The molecule has 1 aromatic heterocycles. The van der Waals surface area contributed by atoms with Gasteiger partial charge in [-0.15, -0.1) is 0 Å². The van der Waals surface area contributed by atoms with Crippen molar-refractivity contribution in [3.8, 4) is 6.07 Å². The van der Waals surface area contributed by atoms with Crippen molar-refractivity contribution in [3.63, 3.8) is 0 Å². The zero-order valence-electron chi connectivity index (χ0n) is 13.7. The Bertz CT molecular complexity index is 770. The van der Waals surface area contributed by atoms with Gasteiger partial charge in [-0.2, -0.15) is 5.26 Å². The van der Waals surface area contributed by atoms with Crippen LogP contribution in [0.2, 0.25) is 0 Å². The van der Waals surface area contributed by atoms with Crippen LogP contribution in [0.15, 0.2) is 40.9 Å². The monoisotopic (exact) mass is 386 g/mol. The van der Waals surface area contributed by atoms with E-state index in [0.29, 0.717) is 31.0 Å². The minimum absolute atomic E-state index is 0.0471. The van der Waals surface area contributed by atoms with Crippen molar-refractivity contribution in [2.75, 3.05) is 18.9 Å². The number of carbonyl (C=O) groups excluding carboxylic acids is 1. The van der Waals surface area contributed by atoms with Crippen LogP contribution in [0.1, 0.15) is 23.2 Å². The molecule has 0 aliphatic heterocycles. The molecule has 2 rings (SSSR count). The highest BCUT2D eigenvalue weighted by atomic mass is 79.9. The Balaban J connectivity index is 1.85. The number of benzene rings is 1. The molecule has 0 saturated carbocycles.